The topological polar surface area (TPSA) is 94.3 Å². The fraction of sp³-hybridized carbons (Fsp3) is 0.370. The van der Waals surface area contributed by atoms with Gasteiger partial charge >= 0.3 is 0 Å². The van der Waals surface area contributed by atoms with Crippen molar-refractivity contribution in [3.63, 3.8) is 0 Å². The second kappa shape index (κ2) is 8.92. The van der Waals surface area contributed by atoms with E-state index < -0.39 is 23.2 Å². The van der Waals surface area contributed by atoms with Crippen LogP contribution in [-0.4, -0.2) is 46.2 Å². The lowest BCUT2D eigenvalue weighted by molar-refractivity contribution is -0.134. The third-order valence-electron chi connectivity index (χ3n) is 7.25. The average molecular weight is 511 g/mol. The SMILES string of the molecule is CC(C)C[C@H](NC(=O)c1cc2c(F)cccc2[nH]1)C(=O)N1C[C@]2(C[C@H]1C)C(=O)Nc1cc(Cl)ccc12. The molecular weight excluding hydrogens is 483 g/mol. The van der Waals surface area contributed by atoms with Crippen LogP contribution in [0.1, 0.15) is 49.7 Å². The summed E-state index contributed by atoms with van der Waals surface area (Å²) < 4.78 is 14.1. The van der Waals surface area contributed by atoms with Crippen molar-refractivity contribution >= 4 is 45.9 Å². The molecule has 2 aliphatic rings. The van der Waals surface area contributed by atoms with E-state index in [2.05, 4.69) is 15.6 Å². The lowest BCUT2D eigenvalue weighted by Gasteiger charge is -2.29. The summed E-state index contributed by atoms with van der Waals surface area (Å²) in [4.78, 5) is 44.6. The molecule has 3 N–H and O–H groups in total. The fourth-order valence-electron chi connectivity index (χ4n) is 5.55. The number of H-pyrrole nitrogens is 1. The number of likely N-dealkylation sites (tertiary alicyclic amines) is 1. The van der Waals surface area contributed by atoms with Crippen molar-refractivity contribution in [1.82, 2.24) is 15.2 Å². The number of fused-ring (bicyclic) bond motifs is 3. The van der Waals surface area contributed by atoms with Crippen LogP contribution in [0.5, 0.6) is 0 Å². The van der Waals surface area contributed by atoms with Crippen LogP contribution >= 0.6 is 11.6 Å². The summed E-state index contributed by atoms with van der Waals surface area (Å²) >= 11 is 6.12. The van der Waals surface area contributed by atoms with Gasteiger partial charge in [0.25, 0.3) is 5.91 Å². The fourth-order valence-corrected chi connectivity index (χ4v) is 5.72. The van der Waals surface area contributed by atoms with Crippen LogP contribution in [0.3, 0.4) is 0 Å². The number of carbonyl (C=O) groups is 3. The summed E-state index contributed by atoms with van der Waals surface area (Å²) in [6.07, 6.45) is 0.899. The summed E-state index contributed by atoms with van der Waals surface area (Å²) in [5, 5.41) is 6.62. The lowest BCUT2D eigenvalue weighted by Crippen LogP contribution is -2.51. The molecule has 1 spiro atoms. The maximum absolute atomic E-state index is 14.1. The van der Waals surface area contributed by atoms with E-state index in [1.54, 1.807) is 29.2 Å². The minimum Gasteiger partial charge on any atom is -0.350 e. The number of hydrogen-bond acceptors (Lipinski definition) is 3. The average Bonchev–Trinajstić information content (AvgIpc) is 3.47. The van der Waals surface area contributed by atoms with Gasteiger partial charge in [-0.3, -0.25) is 14.4 Å². The zero-order valence-corrected chi connectivity index (χ0v) is 21.1. The number of benzene rings is 2. The standard InChI is InChI=1S/C27H28ClFN4O3/c1-14(2)9-23(31-24(34)22-11-17-19(29)5-4-6-20(17)30-22)25(35)33-13-27(12-15(33)3)18-8-7-16(28)10-21(18)32-26(27)36/h4-8,10-11,14-15,23,30H,9,12-13H2,1-3H3,(H,31,34)(H,32,36)/t15-,23+,27+/m1/s1. The molecule has 2 aromatic carbocycles. The number of aromatic nitrogens is 1. The van der Waals surface area contributed by atoms with Gasteiger partial charge in [0.15, 0.2) is 0 Å². The third-order valence-corrected chi connectivity index (χ3v) is 7.48. The monoisotopic (exact) mass is 510 g/mol. The van der Waals surface area contributed by atoms with Crippen molar-refractivity contribution in [3.05, 3.63) is 64.6 Å². The van der Waals surface area contributed by atoms with E-state index in [-0.39, 0.29) is 36.0 Å². The Balaban J connectivity index is 1.40. The van der Waals surface area contributed by atoms with Gasteiger partial charge in [0.05, 0.1) is 5.41 Å². The largest absolute Gasteiger partial charge is 0.350 e. The Hall–Kier alpha value is -3.39. The normalized spacial score (nSPS) is 21.8. The minimum absolute atomic E-state index is 0.129. The Morgan fingerprint density at radius 1 is 1.25 bits per heavy atom. The molecule has 1 saturated heterocycles. The zero-order chi connectivity index (χ0) is 25.8. The van der Waals surface area contributed by atoms with Crippen molar-refractivity contribution in [2.45, 2.75) is 51.1 Å². The summed E-state index contributed by atoms with van der Waals surface area (Å²) in [5.74, 6) is -1.16. The highest BCUT2D eigenvalue weighted by Gasteiger charge is 2.55. The van der Waals surface area contributed by atoms with Crippen LogP contribution in [0.25, 0.3) is 10.9 Å². The molecule has 3 aromatic rings. The molecule has 188 valence electrons. The highest BCUT2D eigenvalue weighted by molar-refractivity contribution is 6.31. The van der Waals surface area contributed by atoms with Crippen molar-refractivity contribution in [3.8, 4) is 0 Å². The molecule has 3 heterocycles. The van der Waals surface area contributed by atoms with Crippen LogP contribution in [0.2, 0.25) is 5.02 Å². The van der Waals surface area contributed by atoms with Gasteiger partial charge < -0.3 is 20.5 Å². The smallest absolute Gasteiger partial charge is 0.268 e. The van der Waals surface area contributed by atoms with Crippen molar-refractivity contribution in [2.24, 2.45) is 5.92 Å². The first kappa shape index (κ1) is 24.3. The summed E-state index contributed by atoms with van der Waals surface area (Å²) in [7, 11) is 0. The van der Waals surface area contributed by atoms with Crippen LogP contribution in [-0.2, 0) is 15.0 Å². The van der Waals surface area contributed by atoms with E-state index in [1.807, 2.05) is 26.8 Å². The number of rotatable bonds is 5. The molecule has 0 aliphatic carbocycles. The van der Waals surface area contributed by atoms with Gasteiger partial charge in [0.1, 0.15) is 17.6 Å². The molecular formula is C27H28ClFN4O3. The van der Waals surface area contributed by atoms with Gasteiger partial charge in [-0.15, -0.1) is 0 Å². The molecule has 3 amide bonds. The minimum atomic E-state index is -0.851. The number of carbonyl (C=O) groups excluding carboxylic acids is 3. The zero-order valence-electron chi connectivity index (χ0n) is 20.3. The van der Waals surface area contributed by atoms with E-state index in [0.717, 1.165) is 5.56 Å². The Kier molecular flexibility index (Phi) is 6.03. The summed E-state index contributed by atoms with van der Waals surface area (Å²) in [6, 6.07) is 10.4. The molecule has 0 saturated carbocycles. The second-order valence-electron chi connectivity index (χ2n) is 10.3. The highest BCUT2D eigenvalue weighted by atomic mass is 35.5. The van der Waals surface area contributed by atoms with E-state index in [4.69, 9.17) is 11.6 Å². The number of nitrogens with zero attached hydrogens (tertiary/aromatic N) is 1. The second-order valence-corrected chi connectivity index (χ2v) is 10.7. The van der Waals surface area contributed by atoms with Gasteiger partial charge in [-0.25, -0.2) is 4.39 Å². The molecule has 0 unspecified atom stereocenters. The van der Waals surface area contributed by atoms with Gasteiger partial charge in [-0.05, 0) is 61.6 Å². The number of aromatic amines is 1. The Bertz CT molecular complexity index is 1390. The molecule has 2 aliphatic heterocycles. The molecule has 3 atom stereocenters. The van der Waals surface area contributed by atoms with Crippen LogP contribution < -0.4 is 10.6 Å². The number of hydrogen-bond donors (Lipinski definition) is 3. The molecule has 1 fully saturated rings. The Morgan fingerprint density at radius 3 is 2.75 bits per heavy atom. The highest BCUT2D eigenvalue weighted by Crippen LogP contribution is 2.47. The third kappa shape index (κ3) is 4.03. The summed E-state index contributed by atoms with van der Waals surface area (Å²) in [5.41, 5.74) is 1.35. The molecule has 5 rings (SSSR count). The van der Waals surface area contributed by atoms with Crippen LogP contribution in [0, 0.1) is 11.7 Å². The number of amides is 3. The van der Waals surface area contributed by atoms with Gasteiger partial charge in [0.2, 0.25) is 11.8 Å². The first-order valence-electron chi connectivity index (χ1n) is 12.1. The number of halogens is 2. The van der Waals surface area contributed by atoms with Crippen molar-refractivity contribution in [2.75, 3.05) is 11.9 Å². The lowest BCUT2D eigenvalue weighted by atomic mass is 9.80. The van der Waals surface area contributed by atoms with Crippen molar-refractivity contribution < 1.29 is 18.8 Å². The predicted octanol–water partition coefficient (Wildman–Crippen LogP) is 4.62. The molecule has 36 heavy (non-hydrogen) atoms. The van der Waals surface area contributed by atoms with Gasteiger partial charge in [0, 0.05) is 34.2 Å². The molecule has 9 heteroatoms. The van der Waals surface area contributed by atoms with E-state index in [0.29, 0.717) is 34.5 Å². The number of nitrogens with one attached hydrogen (secondary N) is 3. The van der Waals surface area contributed by atoms with Crippen molar-refractivity contribution in [1.29, 1.82) is 0 Å². The Labute approximate surface area is 213 Å². The first-order chi connectivity index (χ1) is 17.1. The first-order valence-corrected chi connectivity index (χ1v) is 12.5. The molecule has 7 nitrogen and oxygen atoms in total. The molecule has 0 radical (unpaired) electrons. The summed E-state index contributed by atoms with van der Waals surface area (Å²) in [6.45, 7) is 6.09. The molecule has 0 bridgehead atoms. The van der Waals surface area contributed by atoms with Crippen LogP contribution in [0.15, 0.2) is 42.5 Å². The van der Waals surface area contributed by atoms with Crippen LogP contribution in [0.4, 0.5) is 10.1 Å². The maximum Gasteiger partial charge on any atom is 0.268 e. The number of anilines is 1. The maximum atomic E-state index is 14.1. The van der Waals surface area contributed by atoms with E-state index in [1.165, 1.54) is 12.1 Å². The van der Waals surface area contributed by atoms with E-state index in [9.17, 15) is 18.8 Å². The predicted molar refractivity (Wildman–Crippen MR) is 137 cm³/mol. The quantitative estimate of drug-likeness (QED) is 0.467. The molecule has 1 aromatic heterocycles. The Morgan fingerprint density at radius 2 is 2.03 bits per heavy atom. The van der Waals surface area contributed by atoms with Gasteiger partial charge in [-0.1, -0.05) is 37.6 Å². The van der Waals surface area contributed by atoms with E-state index >= 15 is 0 Å². The van der Waals surface area contributed by atoms with Gasteiger partial charge in [-0.2, -0.15) is 0 Å².